The van der Waals surface area contributed by atoms with Gasteiger partial charge in [0, 0.05) is 11.4 Å². The Balaban J connectivity index is 2.02. The largest absolute Gasteiger partial charge is 0.391 e. The van der Waals surface area contributed by atoms with Gasteiger partial charge in [-0.1, -0.05) is 24.3 Å². The van der Waals surface area contributed by atoms with Crippen molar-refractivity contribution in [2.24, 2.45) is 0 Å². The SMILES string of the molecule is Cc1ccccc1CCNS(=O)(=O)c1ccsc1CO. The molecule has 2 rings (SSSR count). The van der Waals surface area contributed by atoms with E-state index in [-0.39, 0.29) is 11.5 Å². The fourth-order valence-electron chi connectivity index (χ4n) is 1.97. The molecule has 0 saturated heterocycles. The highest BCUT2D eigenvalue weighted by atomic mass is 32.2. The quantitative estimate of drug-likeness (QED) is 0.858. The molecule has 0 aliphatic carbocycles. The molecule has 108 valence electrons. The van der Waals surface area contributed by atoms with Gasteiger partial charge in [-0.25, -0.2) is 13.1 Å². The Bertz CT molecular complexity index is 677. The molecule has 1 heterocycles. The second-order valence-electron chi connectivity index (χ2n) is 4.44. The smallest absolute Gasteiger partial charge is 0.241 e. The predicted octanol–water partition coefficient (Wildman–Crippen LogP) is 2.07. The van der Waals surface area contributed by atoms with E-state index >= 15 is 0 Å². The summed E-state index contributed by atoms with van der Waals surface area (Å²) in [6, 6.07) is 9.42. The molecule has 0 saturated carbocycles. The maximum atomic E-state index is 12.1. The zero-order chi connectivity index (χ0) is 14.6. The van der Waals surface area contributed by atoms with E-state index in [9.17, 15) is 8.42 Å². The summed E-state index contributed by atoms with van der Waals surface area (Å²) in [4.78, 5) is 0.642. The van der Waals surface area contributed by atoms with E-state index < -0.39 is 10.0 Å². The van der Waals surface area contributed by atoms with Crippen LogP contribution < -0.4 is 4.72 Å². The minimum absolute atomic E-state index is 0.176. The average Bonchev–Trinajstić information content (AvgIpc) is 2.90. The van der Waals surface area contributed by atoms with Crippen LogP contribution in [0, 0.1) is 6.92 Å². The minimum Gasteiger partial charge on any atom is -0.391 e. The Morgan fingerprint density at radius 2 is 2.00 bits per heavy atom. The molecular formula is C14H17NO3S2. The van der Waals surface area contributed by atoms with Crippen molar-refractivity contribution < 1.29 is 13.5 Å². The van der Waals surface area contributed by atoms with Crippen molar-refractivity contribution in [1.29, 1.82) is 0 Å². The van der Waals surface area contributed by atoms with Gasteiger partial charge in [0.2, 0.25) is 10.0 Å². The highest BCUT2D eigenvalue weighted by Crippen LogP contribution is 2.21. The number of nitrogens with one attached hydrogen (secondary N) is 1. The van der Waals surface area contributed by atoms with Gasteiger partial charge in [0.1, 0.15) is 0 Å². The zero-order valence-electron chi connectivity index (χ0n) is 11.2. The van der Waals surface area contributed by atoms with Crippen molar-refractivity contribution >= 4 is 21.4 Å². The third kappa shape index (κ3) is 3.46. The number of aliphatic hydroxyl groups excluding tert-OH is 1. The Morgan fingerprint density at radius 3 is 2.70 bits per heavy atom. The molecule has 0 amide bonds. The number of hydrogen-bond donors (Lipinski definition) is 2. The maximum Gasteiger partial charge on any atom is 0.241 e. The van der Waals surface area contributed by atoms with Crippen LogP contribution in [0.2, 0.25) is 0 Å². The number of hydrogen-bond acceptors (Lipinski definition) is 4. The summed E-state index contributed by atoms with van der Waals surface area (Å²) < 4.78 is 26.8. The Kier molecular flexibility index (Phi) is 4.93. The number of rotatable bonds is 6. The third-order valence-electron chi connectivity index (χ3n) is 3.09. The molecule has 0 aliphatic rings. The normalized spacial score (nSPS) is 11.7. The topological polar surface area (TPSA) is 66.4 Å². The predicted molar refractivity (Wildman–Crippen MR) is 80.3 cm³/mol. The summed E-state index contributed by atoms with van der Waals surface area (Å²) in [6.45, 7) is 2.09. The lowest BCUT2D eigenvalue weighted by molar-refractivity contribution is 0.282. The number of sulfonamides is 1. The fraction of sp³-hybridized carbons (Fsp3) is 0.286. The van der Waals surface area contributed by atoms with Crippen molar-refractivity contribution in [2.45, 2.75) is 24.8 Å². The molecule has 0 radical (unpaired) electrons. The van der Waals surface area contributed by atoms with Crippen LogP contribution in [-0.2, 0) is 23.1 Å². The Morgan fingerprint density at radius 1 is 1.25 bits per heavy atom. The van der Waals surface area contributed by atoms with E-state index in [1.165, 1.54) is 17.4 Å². The van der Waals surface area contributed by atoms with E-state index in [2.05, 4.69) is 4.72 Å². The first-order valence-electron chi connectivity index (χ1n) is 6.26. The standard InChI is InChI=1S/C14H17NO3S2/c1-11-4-2-3-5-12(11)6-8-15-20(17,18)14-7-9-19-13(14)10-16/h2-5,7,9,15-16H,6,8,10H2,1H3. The molecule has 0 aliphatic heterocycles. The van der Waals surface area contributed by atoms with Crippen LogP contribution in [0.5, 0.6) is 0 Å². The highest BCUT2D eigenvalue weighted by Gasteiger charge is 2.18. The monoisotopic (exact) mass is 311 g/mol. The number of aryl methyl sites for hydroxylation is 1. The molecule has 1 aromatic heterocycles. The van der Waals surface area contributed by atoms with Crippen molar-refractivity contribution in [3.63, 3.8) is 0 Å². The van der Waals surface area contributed by atoms with Crippen molar-refractivity contribution in [2.75, 3.05) is 6.54 Å². The van der Waals surface area contributed by atoms with Gasteiger partial charge >= 0.3 is 0 Å². The van der Waals surface area contributed by atoms with E-state index in [1.807, 2.05) is 31.2 Å². The zero-order valence-corrected chi connectivity index (χ0v) is 12.8. The van der Waals surface area contributed by atoms with Crippen LogP contribution in [0.15, 0.2) is 40.6 Å². The van der Waals surface area contributed by atoms with Gasteiger partial charge in [-0.3, -0.25) is 0 Å². The molecule has 6 heteroatoms. The molecule has 20 heavy (non-hydrogen) atoms. The van der Waals surface area contributed by atoms with E-state index in [4.69, 9.17) is 5.11 Å². The van der Waals surface area contributed by atoms with Gasteiger partial charge in [-0.2, -0.15) is 0 Å². The van der Waals surface area contributed by atoms with Crippen LogP contribution >= 0.6 is 11.3 Å². The number of thiophene rings is 1. The summed E-state index contributed by atoms with van der Waals surface area (Å²) in [6.07, 6.45) is 0.643. The third-order valence-corrected chi connectivity index (χ3v) is 5.67. The van der Waals surface area contributed by atoms with Gasteiger partial charge < -0.3 is 5.11 Å². The summed E-state index contributed by atoms with van der Waals surface area (Å²) >= 11 is 1.24. The molecule has 0 spiro atoms. The number of benzene rings is 1. The van der Waals surface area contributed by atoms with Gasteiger partial charge in [-0.05, 0) is 35.9 Å². The lowest BCUT2D eigenvalue weighted by Gasteiger charge is -2.08. The molecular weight excluding hydrogens is 294 g/mol. The highest BCUT2D eigenvalue weighted by molar-refractivity contribution is 7.89. The van der Waals surface area contributed by atoms with E-state index in [0.717, 1.165) is 11.1 Å². The molecule has 0 bridgehead atoms. The van der Waals surface area contributed by atoms with Crippen molar-refractivity contribution in [3.8, 4) is 0 Å². The Hall–Kier alpha value is -1.21. The van der Waals surface area contributed by atoms with E-state index in [1.54, 1.807) is 5.38 Å². The lowest BCUT2D eigenvalue weighted by Crippen LogP contribution is -2.26. The second-order valence-corrected chi connectivity index (χ2v) is 7.18. The Labute approximate surface area is 123 Å². The lowest BCUT2D eigenvalue weighted by atomic mass is 10.1. The first-order valence-corrected chi connectivity index (χ1v) is 8.62. The summed E-state index contributed by atoms with van der Waals surface area (Å²) in [7, 11) is -3.54. The average molecular weight is 311 g/mol. The van der Waals surface area contributed by atoms with Crippen LogP contribution in [0.25, 0.3) is 0 Å². The van der Waals surface area contributed by atoms with E-state index in [0.29, 0.717) is 17.8 Å². The molecule has 0 atom stereocenters. The summed E-state index contributed by atoms with van der Waals surface area (Å²) in [5.41, 5.74) is 2.28. The minimum atomic E-state index is -3.54. The van der Waals surface area contributed by atoms with Crippen LogP contribution in [0.3, 0.4) is 0 Å². The molecule has 0 fully saturated rings. The summed E-state index contributed by atoms with van der Waals surface area (Å²) in [5, 5.41) is 10.8. The van der Waals surface area contributed by atoms with Gasteiger partial charge in [-0.15, -0.1) is 11.3 Å². The van der Waals surface area contributed by atoms with Crippen molar-refractivity contribution in [3.05, 3.63) is 51.7 Å². The first kappa shape index (κ1) is 15.2. The van der Waals surface area contributed by atoms with Crippen LogP contribution in [-0.4, -0.2) is 20.1 Å². The molecule has 2 aromatic rings. The number of aliphatic hydroxyl groups is 1. The summed E-state index contributed by atoms with van der Waals surface area (Å²) in [5.74, 6) is 0. The van der Waals surface area contributed by atoms with Gasteiger partial charge in [0.25, 0.3) is 0 Å². The van der Waals surface area contributed by atoms with Gasteiger partial charge in [0.15, 0.2) is 0 Å². The van der Waals surface area contributed by atoms with Crippen LogP contribution in [0.4, 0.5) is 0 Å². The fourth-order valence-corrected chi connectivity index (χ4v) is 4.30. The van der Waals surface area contributed by atoms with Crippen LogP contribution in [0.1, 0.15) is 16.0 Å². The van der Waals surface area contributed by atoms with Crippen molar-refractivity contribution in [1.82, 2.24) is 4.72 Å². The maximum absolute atomic E-state index is 12.1. The molecule has 0 unspecified atom stereocenters. The van der Waals surface area contributed by atoms with Gasteiger partial charge in [0.05, 0.1) is 11.5 Å². The first-order chi connectivity index (χ1) is 9.54. The molecule has 4 nitrogen and oxygen atoms in total. The molecule has 2 N–H and O–H groups in total. The molecule has 1 aromatic carbocycles. The second kappa shape index (κ2) is 6.49.